The van der Waals surface area contributed by atoms with E-state index in [1.165, 1.54) is 98.9 Å². The van der Waals surface area contributed by atoms with Crippen LogP contribution < -0.4 is 0 Å². The lowest BCUT2D eigenvalue weighted by Gasteiger charge is -2.19. The van der Waals surface area contributed by atoms with Crippen molar-refractivity contribution in [1.29, 1.82) is 0 Å². The molecule has 1 atom stereocenters. The molecule has 2 aliphatic rings. The van der Waals surface area contributed by atoms with Crippen molar-refractivity contribution in [1.82, 2.24) is 13.7 Å². The summed E-state index contributed by atoms with van der Waals surface area (Å²) >= 11 is 0. The zero-order chi connectivity index (χ0) is 35.8. The number of rotatable bonds is 3. The van der Waals surface area contributed by atoms with Crippen molar-refractivity contribution in [3.05, 3.63) is 193 Å². The highest BCUT2D eigenvalue weighted by Gasteiger charge is 2.32. The van der Waals surface area contributed by atoms with Crippen LogP contribution in [0.4, 0.5) is 0 Å². The Morgan fingerprint density at radius 1 is 0.382 bits per heavy atom. The van der Waals surface area contributed by atoms with E-state index in [0.717, 1.165) is 17.8 Å². The molecule has 3 nitrogen and oxygen atoms in total. The second-order valence-corrected chi connectivity index (χ2v) is 15.2. The van der Waals surface area contributed by atoms with Crippen molar-refractivity contribution in [2.45, 2.75) is 12.3 Å². The van der Waals surface area contributed by atoms with Crippen molar-refractivity contribution in [3.8, 4) is 28.2 Å². The molecule has 0 radical (unpaired) electrons. The van der Waals surface area contributed by atoms with Gasteiger partial charge in [-0.2, -0.15) is 0 Å². The molecule has 0 spiro atoms. The van der Waals surface area contributed by atoms with Crippen molar-refractivity contribution in [3.63, 3.8) is 0 Å². The highest BCUT2D eigenvalue weighted by Crippen LogP contribution is 2.51. The number of para-hydroxylation sites is 5. The van der Waals surface area contributed by atoms with Crippen LogP contribution in [0.15, 0.2) is 176 Å². The Morgan fingerprint density at radius 3 is 1.47 bits per heavy atom. The van der Waals surface area contributed by atoms with Gasteiger partial charge in [0.25, 0.3) is 0 Å². The minimum absolute atomic E-state index is 0.425. The van der Waals surface area contributed by atoms with Gasteiger partial charge in [-0.15, -0.1) is 0 Å². The van der Waals surface area contributed by atoms with Crippen LogP contribution in [0.5, 0.6) is 0 Å². The maximum absolute atomic E-state index is 2.51. The van der Waals surface area contributed by atoms with Crippen molar-refractivity contribution in [2.24, 2.45) is 0 Å². The van der Waals surface area contributed by atoms with E-state index in [9.17, 15) is 0 Å². The lowest BCUT2D eigenvalue weighted by molar-refractivity contribution is 0.844. The quantitative estimate of drug-likeness (QED) is 0.174. The standard InChI is InChI=1S/C52H33N3/c1-7-23-45-35(15-1)36-16-2-8-24-46(36)54(45)50-30-43-39-19-5-6-22-44(39)53(33-27-28-34-40-20-11-13-32-14-12-21-41(52(32)40)42(34)29-33)49(43)31-51(50)55-47-25-9-3-17-37(47)38-18-4-10-26-48(38)55/h1-19,21-31,40H,20H2. The number of hydrogen-bond acceptors (Lipinski definition) is 0. The van der Waals surface area contributed by atoms with Gasteiger partial charge in [-0.3, -0.25) is 0 Å². The van der Waals surface area contributed by atoms with Crippen LogP contribution in [-0.4, -0.2) is 13.7 Å². The first-order valence-electron chi connectivity index (χ1n) is 19.3. The molecule has 0 saturated heterocycles. The molecule has 3 aromatic heterocycles. The Morgan fingerprint density at radius 2 is 0.891 bits per heavy atom. The Bertz CT molecular complexity index is 3370. The average Bonchev–Trinajstić information content (AvgIpc) is 3.96. The van der Waals surface area contributed by atoms with Crippen molar-refractivity contribution < 1.29 is 0 Å². The Kier molecular flexibility index (Phi) is 5.74. The van der Waals surface area contributed by atoms with Crippen LogP contribution in [0.3, 0.4) is 0 Å². The molecule has 0 amide bonds. The summed E-state index contributed by atoms with van der Waals surface area (Å²) in [7, 11) is 0. The topological polar surface area (TPSA) is 14.8 Å². The zero-order valence-corrected chi connectivity index (χ0v) is 29.9. The number of aromatic nitrogens is 3. The van der Waals surface area contributed by atoms with Crippen molar-refractivity contribution >= 4 is 71.5 Å². The van der Waals surface area contributed by atoms with Gasteiger partial charge in [-0.1, -0.05) is 127 Å². The molecule has 3 heteroatoms. The zero-order valence-electron chi connectivity index (χ0n) is 29.9. The van der Waals surface area contributed by atoms with Gasteiger partial charge in [0.05, 0.1) is 44.5 Å². The first-order chi connectivity index (χ1) is 27.3. The maximum atomic E-state index is 2.51. The van der Waals surface area contributed by atoms with Gasteiger partial charge in [0.2, 0.25) is 0 Å². The summed E-state index contributed by atoms with van der Waals surface area (Å²) in [4.78, 5) is 0. The third kappa shape index (κ3) is 3.84. The van der Waals surface area contributed by atoms with E-state index in [1.54, 1.807) is 0 Å². The molecule has 13 rings (SSSR count). The smallest absolute Gasteiger partial charge is 0.0724 e. The molecule has 3 heterocycles. The van der Waals surface area contributed by atoms with Crippen LogP contribution in [0.1, 0.15) is 29.0 Å². The molecular weight excluding hydrogens is 667 g/mol. The fraction of sp³-hybridized carbons (Fsp3) is 0.0385. The largest absolute Gasteiger partial charge is 0.309 e. The molecule has 11 aromatic rings. The summed E-state index contributed by atoms with van der Waals surface area (Å²) in [5.41, 5.74) is 17.7. The number of allylic oxidation sites excluding steroid dienone is 1. The van der Waals surface area contributed by atoms with Crippen LogP contribution in [0.25, 0.3) is 99.7 Å². The highest BCUT2D eigenvalue weighted by molar-refractivity contribution is 6.15. The molecule has 0 aliphatic heterocycles. The number of nitrogens with zero attached hydrogens (tertiary/aromatic N) is 3. The Labute approximate surface area is 317 Å². The summed E-state index contributed by atoms with van der Waals surface area (Å²) in [6, 6.07) is 63.3. The predicted molar refractivity (Wildman–Crippen MR) is 230 cm³/mol. The SMILES string of the molecule is C1=Cc2cccc3c2C(C1)c1ccc(-n2c4ccccc4c4cc(-n5c6ccccc6c6ccccc65)c(-n5c6ccccc6c6ccccc65)cc42)cc1-3. The second kappa shape index (κ2) is 10.7. The first-order valence-corrected chi connectivity index (χ1v) is 19.3. The van der Waals surface area contributed by atoms with E-state index in [0.29, 0.717) is 5.92 Å². The van der Waals surface area contributed by atoms with Crippen LogP contribution in [0.2, 0.25) is 0 Å². The van der Waals surface area contributed by atoms with Gasteiger partial charge in [0.1, 0.15) is 0 Å². The molecule has 0 N–H and O–H groups in total. The molecule has 55 heavy (non-hydrogen) atoms. The van der Waals surface area contributed by atoms with E-state index in [1.807, 2.05) is 0 Å². The third-order valence-electron chi connectivity index (χ3n) is 12.5. The minimum Gasteiger partial charge on any atom is -0.309 e. The molecule has 1 unspecified atom stereocenters. The molecule has 256 valence electrons. The molecule has 0 saturated carbocycles. The monoisotopic (exact) mass is 699 g/mol. The number of benzene rings is 8. The van der Waals surface area contributed by atoms with E-state index >= 15 is 0 Å². The third-order valence-corrected chi connectivity index (χ3v) is 12.5. The molecule has 8 aromatic carbocycles. The average molecular weight is 700 g/mol. The van der Waals surface area contributed by atoms with E-state index in [4.69, 9.17) is 0 Å². The number of fused-ring (bicyclic) bond motifs is 12. The van der Waals surface area contributed by atoms with Gasteiger partial charge < -0.3 is 13.7 Å². The van der Waals surface area contributed by atoms with E-state index in [-0.39, 0.29) is 0 Å². The van der Waals surface area contributed by atoms with Gasteiger partial charge in [-0.25, -0.2) is 0 Å². The maximum Gasteiger partial charge on any atom is 0.0724 e. The Hall–Kier alpha value is -7.10. The van der Waals surface area contributed by atoms with Gasteiger partial charge in [0, 0.05) is 43.9 Å². The number of hydrogen-bond donors (Lipinski definition) is 0. The summed E-state index contributed by atoms with van der Waals surface area (Å²) in [5, 5.41) is 7.51. The molecular formula is C52H33N3. The Balaban J connectivity index is 1.18. The van der Waals surface area contributed by atoms with E-state index < -0.39 is 0 Å². The summed E-state index contributed by atoms with van der Waals surface area (Å²) in [6.45, 7) is 0. The van der Waals surface area contributed by atoms with Crippen LogP contribution in [-0.2, 0) is 0 Å². The summed E-state index contributed by atoms with van der Waals surface area (Å²) < 4.78 is 7.50. The van der Waals surface area contributed by atoms with Crippen LogP contribution in [0, 0.1) is 0 Å². The summed E-state index contributed by atoms with van der Waals surface area (Å²) in [5.74, 6) is 0.425. The van der Waals surface area contributed by atoms with Crippen LogP contribution >= 0.6 is 0 Å². The summed E-state index contributed by atoms with van der Waals surface area (Å²) in [6.07, 6.45) is 5.71. The lowest BCUT2D eigenvalue weighted by atomic mass is 9.86. The first kappa shape index (κ1) is 29.4. The van der Waals surface area contributed by atoms with E-state index in [2.05, 4.69) is 196 Å². The van der Waals surface area contributed by atoms with Crippen molar-refractivity contribution in [2.75, 3.05) is 0 Å². The predicted octanol–water partition coefficient (Wildman–Crippen LogP) is 13.5. The molecule has 0 bridgehead atoms. The minimum atomic E-state index is 0.425. The fourth-order valence-corrected chi connectivity index (χ4v) is 10.3. The second-order valence-electron chi connectivity index (χ2n) is 15.2. The van der Waals surface area contributed by atoms with Gasteiger partial charge >= 0.3 is 0 Å². The van der Waals surface area contributed by atoms with Gasteiger partial charge in [0.15, 0.2) is 0 Å². The molecule has 2 aliphatic carbocycles. The molecule has 0 fully saturated rings. The highest BCUT2D eigenvalue weighted by atomic mass is 15.1. The van der Waals surface area contributed by atoms with Gasteiger partial charge in [-0.05, 0) is 88.8 Å². The normalized spacial score (nSPS) is 14.6. The lowest BCUT2D eigenvalue weighted by Crippen LogP contribution is -2.04. The fourth-order valence-electron chi connectivity index (χ4n) is 10.3.